The first kappa shape index (κ1) is 12.9. The smallest absolute Gasteiger partial charge is 0.258 e. The highest BCUT2D eigenvalue weighted by Crippen LogP contribution is 2.13. The Labute approximate surface area is 110 Å². The molecule has 0 fully saturated rings. The number of H-pyrrole nitrogens is 1. The van der Waals surface area contributed by atoms with E-state index in [1.807, 2.05) is 30.3 Å². The van der Waals surface area contributed by atoms with Gasteiger partial charge in [0.05, 0.1) is 0 Å². The van der Waals surface area contributed by atoms with Gasteiger partial charge in [-0.15, -0.1) is 0 Å². The Morgan fingerprint density at radius 1 is 1.32 bits per heavy atom. The Bertz CT molecular complexity index is 647. The molecular weight excluding hydrogens is 244 g/mol. The minimum Gasteiger partial charge on any atom is -0.473 e. The molecule has 2 aromatic rings. The van der Waals surface area contributed by atoms with Crippen molar-refractivity contribution in [3.63, 3.8) is 0 Å². The van der Waals surface area contributed by atoms with E-state index in [-0.39, 0.29) is 18.1 Å². The summed E-state index contributed by atoms with van der Waals surface area (Å²) >= 11 is 0. The van der Waals surface area contributed by atoms with Gasteiger partial charge in [-0.25, -0.2) is 0 Å². The molecule has 1 amide bonds. The van der Waals surface area contributed by atoms with E-state index in [4.69, 9.17) is 10.5 Å². The summed E-state index contributed by atoms with van der Waals surface area (Å²) in [5, 5.41) is 0. The third-order valence-corrected chi connectivity index (χ3v) is 2.60. The van der Waals surface area contributed by atoms with Crippen molar-refractivity contribution in [2.75, 3.05) is 0 Å². The maximum atomic E-state index is 11.7. The number of nitrogens with two attached hydrogens (primary N) is 1. The van der Waals surface area contributed by atoms with E-state index >= 15 is 0 Å². The third kappa shape index (κ3) is 3.01. The summed E-state index contributed by atoms with van der Waals surface area (Å²) in [6.07, 6.45) is 0. The minimum absolute atomic E-state index is 0.112. The van der Waals surface area contributed by atoms with Gasteiger partial charge in [-0.05, 0) is 12.5 Å². The van der Waals surface area contributed by atoms with Gasteiger partial charge in [0.1, 0.15) is 12.2 Å². The fourth-order valence-corrected chi connectivity index (χ4v) is 1.73. The maximum absolute atomic E-state index is 11.7. The molecule has 0 aliphatic carbocycles. The number of carbonyl (C=O) groups excluding carboxylic acids is 1. The van der Waals surface area contributed by atoms with E-state index in [1.54, 1.807) is 6.92 Å². The number of ether oxygens (including phenoxy) is 1. The number of hydrogen-bond acceptors (Lipinski definition) is 3. The number of nitrogens with one attached hydrogen (secondary N) is 1. The van der Waals surface area contributed by atoms with Crippen LogP contribution in [-0.4, -0.2) is 10.9 Å². The lowest BCUT2D eigenvalue weighted by Gasteiger charge is -2.10. The van der Waals surface area contributed by atoms with Crippen molar-refractivity contribution < 1.29 is 9.53 Å². The average Bonchev–Trinajstić information content (AvgIpc) is 2.36. The SMILES string of the molecule is Cc1cc(=O)c(C(N)=O)c(OCc2ccccc2)[nH]1. The lowest BCUT2D eigenvalue weighted by atomic mass is 10.2. The van der Waals surface area contributed by atoms with Crippen molar-refractivity contribution in [1.82, 2.24) is 4.98 Å². The molecule has 5 nitrogen and oxygen atoms in total. The van der Waals surface area contributed by atoms with Crippen LogP contribution < -0.4 is 15.9 Å². The van der Waals surface area contributed by atoms with Gasteiger partial charge < -0.3 is 15.5 Å². The third-order valence-electron chi connectivity index (χ3n) is 2.60. The van der Waals surface area contributed by atoms with Gasteiger partial charge in [-0.3, -0.25) is 9.59 Å². The van der Waals surface area contributed by atoms with Gasteiger partial charge >= 0.3 is 0 Å². The second kappa shape index (κ2) is 5.39. The molecule has 19 heavy (non-hydrogen) atoms. The van der Waals surface area contributed by atoms with Crippen LogP contribution in [0, 0.1) is 6.92 Å². The molecule has 0 aliphatic rings. The van der Waals surface area contributed by atoms with Crippen LogP contribution in [0.25, 0.3) is 0 Å². The molecule has 1 aromatic heterocycles. The van der Waals surface area contributed by atoms with Crippen molar-refractivity contribution in [2.45, 2.75) is 13.5 Å². The number of aryl methyl sites for hydroxylation is 1. The topological polar surface area (TPSA) is 85.2 Å². The number of benzene rings is 1. The highest BCUT2D eigenvalue weighted by atomic mass is 16.5. The van der Waals surface area contributed by atoms with Crippen LogP contribution in [0.5, 0.6) is 5.88 Å². The van der Waals surface area contributed by atoms with Crippen LogP contribution in [0.4, 0.5) is 0 Å². The molecular formula is C14H14N2O3. The normalized spacial score (nSPS) is 10.2. The van der Waals surface area contributed by atoms with E-state index in [0.717, 1.165) is 5.56 Å². The first-order valence-corrected chi connectivity index (χ1v) is 5.78. The molecule has 0 saturated carbocycles. The molecule has 2 rings (SSSR count). The molecule has 1 aromatic carbocycles. The summed E-state index contributed by atoms with van der Waals surface area (Å²) in [7, 11) is 0. The fraction of sp³-hybridized carbons (Fsp3) is 0.143. The molecule has 0 radical (unpaired) electrons. The summed E-state index contributed by atoms with van der Waals surface area (Å²) in [4.78, 5) is 25.8. The van der Waals surface area contributed by atoms with E-state index in [0.29, 0.717) is 5.69 Å². The van der Waals surface area contributed by atoms with Gasteiger partial charge in [0.2, 0.25) is 5.88 Å². The Morgan fingerprint density at radius 2 is 2.00 bits per heavy atom. The first-order valence-electron chi connectivity index (χ1n) is 5.78. The fourth-order valence-electron chi connectivity index (χ4n) is 1.73. The van der Waals surface area contributed by atoms with Crippen molar-refractivity contribution in [3.8, 4) is 5.88 Å². The number of primary amides is 1. The van der Waals surface area contributed by atoms with Crippen LogP contribution >= 0.6 is 0 Å². The van der Waals surface area contributed by atoms with Gasteiger partial charge in [-0.1, -0.05) is 30.3 Å². The van der Waals surface area contributed by atoms with Crippen molar-refractivity contribution in [3.05, 3.63) is 63.4 Å². The zero-order valence-electron chi connectivity index (χ0n) is 10.5. The molecule has 0 atom stereocenters. The monoisotopic (exact) mass is 258 g/mol. The molecule has 0 unspecified atom stereocenters. The van der Waals surface area contributed by atoms with Gasteiger partial charge in [0.15, 0.2) is 5.43 Å². The standard InChI is InChI=1S/C14H14N2O3/c1-9-7-11(17)12(13(15)18)14(16-9)19-8-10-5-3-2-4-6-10/h2-7H,8H2,1H3,(H2,15,18)(H,16,17). The molecule has 0 bridgehead atoms. The second-order valence-corrected chi connectivity index (χ2v) is 4.16. The Hall–Kier alpha value is -2.56. The number of rotatable bonds is 4. The summed E-state index contributed by atoms with van der Waals surface area (Å²) < 4.78 is 5.49. The predicted octanol–water partition coefficient (Wildman–Crippen LogP) is 1.36. The van der Waals surface area contributed by atoms with E-state index in [9.17, 15) is 9.59 Å². The van der Waals surface area contributed by atoms with Crippen molar-refractivity contribution in [2.24, 2.45) is 5.73 Å². The molecule has 5 heteroatoms. The number of amides is 1. The second-order valence-electron chi connectivity index (χ2n) is 4.16. The zero-order chi connectivity index (χ0) is 13.8. The Morgan fingerprint density at radius 3 is 2.63 bits per heavy atom. The number of carbonyl (C=O) groups is 1. The highest BCUT2D eigenvalue weighted by Gasteiger charge is 2.15. The predicted molar refractivity (Wildman–Crippen MR) is 71.1 cm³/mol. The number of aromatic nitrogens is 1. The summed E-state index contributed by atoms with van der Waals surface area (Å²) in [6, 6.07) is 10.7. The lowest BCUT2D eigenvalue weighted by Crippen LogP contribution is -2.23. The van der Waals surface area contributed by atoms with Crippen LogP contribution in [0.1, 0.15) is 21.6 Å². The minimum atomic E-state index is -0.802. The van der Waals surface area contributed by atoms with E-state index in [2.05, 4.69) is 4.98 Å². The van der Waals surface area contributed by atoms with Gasteiger partial charge in [0, 0.05) is 11.8 Å². The molecule has 98 valence electrons. The molecule has 0 saturated heterocycles. The highest BCUT2D eigenvalue weighted by molar-refractivity contribution is 5.94. The zero-order valence-corrected chi connectivity index (χ0v) is 10.5. The largest absolute Gasteiger partial charge is 0.473 e. The van der Waals surface area contributed by atoms with Crippen molar-refractivity contribution in [1.29, 1.82) is 0 Å². The van der Waals surface area contributed by atoms with E-state index < -0.39 is 11.3 Å². The first-order chi connectivity index (χ1) is 9.08. The summed E-state index contributed by atoms with van der Waals surface area (Å²) in [6.45, 7) is 1.96. The van der Waals surface area contributed by atoms with Gasteiger partial charge in [0.25, 0.3) is 5.91 Å². The van der Waals surface area contributed by atoms with E-state index in [1.165, 1.54) is 6.07 Å². The quantitative estimate of drug-likeness (QED) is 0.868. The average molecular weight is 258 g/mol. The lowest BCUT2D eigenvalue weighted by molar-refractivity contribution is 0.0993. The summed E-state index contributed by atoms with van der Waals surface area (Å²) in [5.41, 5.74) is 6.15. The number of aromatic amines is 1. The molecule has 0 aliphatic heterocycles. The molecule has 0 spiro atoms. The van der Waals surface area contributed by atoms with Crippen LogP contribution in [-0.2, 0) is 6.61 Å². The maximum Gasteiger partial charge on any atom is 0.258 e. The summed E-state index contributed by atoms with van der Waals surface area (Å²) in [5.74, 6) is -0.689. The van der Waals surface area contributed by atoms with Crippen LogP contribution in [0.15, 0.2) is 41.2 Å². The van der Waals surface area contributed by atoms with Gasteiger partial charge in [-0.2, -0.15) is 0 Å². The van der Waals surface area contributed by atoms with Crippen LogP contribution in [0.3, 0.4) is 0 Å². The number of hydrogen-bond donors (Lipinski definition) is 2. The Balaban J connectivity index is 2.29. The Kier molecular flexibility index (Phi) is 3.66. The molecule has 1 heterocycles. The van der Waals surface area contributed by atoms with Crippen molar-refractivity contribution >= 4 is 5.91 Å². The molecule has 3 N–H and O–H groups in total. The number of pyridine rings is 1. The van der Waals surface area contributed by atoms with Crippen LogP contribution in [0.2, 0.25) is 0 Å².